The van der Waals surface area contributed by atoms with Crippen LogP contribution in [0.5, 0.6) is 0 Å². The molecule has 0 aliphatic rings. The fourth-order valence-corrected chi connectivity index (χ4v) is 1.26. The summed E-state index contributed by atoms with van der Waals surface area (Å²) in [7, 11) is 0. The van der Waals surface area contributed by atoms with Gasteiger partial charge in [-0.15, -0.1) is 0 Å². The first-order chi connectivity index (χ1) is 7.49. The van der Waals surface area contributed by atoms with Gasteiger partial charge in [0.1, 0.15) is 0 Å². The predicted molar refractivity (Wildman–Crippen MR) is 60.9 cm³/mol. The molecule has 0 atom stereocenters. The highest BCUT2D eigenvalue weighted by Gasteiger charge is 2.09. The Kier molecular flexibility index (Phi) is 4.08. The van der Waals surface area contributed by atoms with Crippen molar-refractivity contribution in [2.45, 2.75) is 6.42 Å². The minimum absolute atomic E-state index is 0.0508. The number of carbonyl (C=O) groups is 2. The summed E-state index contributed by atoms with van der Waals surface area (Å²) in [6, 6.07) is 6.64. The monoisotopic (exact) mass is 239 g/mol. The number of hydrogen-bond acceptors (Lipinski definition) is 2. The lowest BCUT2D eigenvalue weighted by molar-refractivity contribution is -0.136. The molecule has 4 nitrogen and oxygen atoms in total. The number of nitrogens with two attached hydrogens (primary N) is 1. The zero-order chi connectivity index (χ0) is 12.1. The van der Waals surface area contributed by atoms with Crippen LogP contribution in [0.3, 0.4) is 0 Å². The molecule has 1 amide bonds. The van der Waals surface area contributed by atoms with Gasteiger partial charge in [0.25, 0.3) is 0 Å². The van der Waals surface area contributed by atoms with Gasteiger partial charge >= 0.3 is 5.97 Å². The van der Waals surface area contributed by atoms with Crippen molar-refractivity contribution < 1.29 is 14.7 Å². The Morgan fingerprint density at radius 3 is 2.31 bits per heavy atom. The van der Waals surface area contributed by atoms with Crippen LogP contribution in [-0.2, 0) is 9.59 Å². The van der Waals surface area contributed by atoms with Crippen molar-refractivity contribution >= 4 is 29.6 Å². The van der Waals surface area contributed by atoms with E-state index in [1.54, 1.807) is 24.3 Å². The highest BCUT2D eigenvalue weighted by molar-refractivity contribution is 6.30. The topological polar surface area (TPSA) is 80.4 Å². The Morgan fingerprint density at radius 2 is 1.88 bits per heavy atom. The van der Waals surface area contributed by atoms with Gasteiger partial charge in [0.2, 0.25) is 5.91 Å². The van der Waals surface area contributed by atoms with Crippen molar-refractivity contribution in [1.82, 2.24) is 0 Å². The van der Waals surface area contributed by atoms with E-state index >= 15 is 0 Å². The SMILES string of the molecule is NC(=O)C(=Cc1ccc(Cl)cc1)CC(=O)O. The Hall–Kier alpha value is -1.81. The third-order valence-electron chi connectivity index (χ3n) is 1.87. The van der Waals surface area contributed by atoms with E-state index in [1.807, 2.05) is 0 Å². The number of carbonyl (C=O) groups excluding carboxylic acids is 1. The third-order valence-corrected chi connectivity index (χ3v) is 2.12. The number of halogens is 1. The molecule has 0 heterocycles. The van der Waals surface area contributed by atoms with E-state index in [9.17, 15) is 9.59 Å². The molecule has 0 aromatic heterocycles. The van der Waals surface area contributed by atoms with Gasteiger partial charge in [0.05, 0.1) is 6.42 Å². The molecule has 16 heavy (non-hydrogen) atoms. The smallest absolute Gasteiger partial charge is 0.308 e. The maximum absolute atomic E-state index is 11.0. The van der Waals surface area contributed by atoms with Gasteiger partial charge in [-0.05, 0) is 23.8 Å². The van der Waals surface area contributed by atoms with Crippen LogP contribution in [0, 0.1) is 0 Å². The van der Waals surface area contributed by atoms with Crippen LogP contribution in [0.25, 0.3) is 6.08 Å². The van der Waals surface area contributed by atoms with Crippen LogP contribution in [-0.4, -0.2) is 17.0 Å². The van der Waals surface area contributed by atoms with E-state index in [1.165, 1.54) is 6.08 Å². The van der Waals surface area contributed by atoms with E-state index < -0.39 is 18.3 Å². The second-order valence-electron chi connectivity index (χ2n) is 3.16. The Labute approximate surface area is 97.3 Å². The first-order valence-corrected chi connectivity index (χ1v) is 4.84. The molecular weight excluding hydrogens is 230 g/mol. The molecule has 84 valence electrons. The van der Waals surface area contributed by atoms with Gasteiger partial charge in [-0.2, -0.15) is 0 Å². The molecule has 3 N–H and O–H groups in total. The standard InChI is InChI=1S/C11H10ClNO3/c12-9-3-1-7(2-4-9)5-8(11(13)16)6-10(14)15/h1-5H,6H2,(H2,13,16)(H,14,15). The predicted octanol–water partition coefficient (Wildman–Crippen LogP) is 1.68. The van der Waals surface area contributed by atoms with Gasteiger partial charge in [0.15, 0.2) is 0 Å². The van der Waals surface area contributed by atoms with Gasteiger partial charge in [-0.3, -0.25) is 9.59 Å². The third kappa shape index (κ3) is 3.74. The minimum atomic E-state index is -1.10. The molecule has 5 heteroatoms. The van der Waals surface area contributed by atoms with Crippen LogP contribution in [0.2, 0.25) is 5.02 Å². The summed E-state index contributed by atoms with van der Waals surface area (Å²) in [4.78, 5) is 21.5. The lowest BCUT2D eigenvalue weighted by Crippen LogP contribution is -2.16. The lowest BCUT2D eigenvalue weighted by Gasteiger charge is -2.00. The highest BCUT2D eigenvalue weighted by atomic mass is 35.5. The molecule has 0 unspecified atom stereocenters. The van der Waals surface area contributed by atoms with Crippen LogP contribution < -0.4 is 5.73 Å². The highest BCUT2D eigenvalue weighted by Crippen LogP contribution is 2.13. The maximum Gasteiger partial charge on any atom is 0.308 e. The molecule has 0 radical (unpaired) electrons. The Morgan fingerprint density at radius 1 is 1.31 bits per heavy atom. The summed E-state index contributed by atoms with van der Waals surface area (Å²) >= 11 is 5.69. The van der Waals surface area contributed by atoms with Crippen LogP contribution in [0.15, 0.2) is 29.8 Å². The van der Waals surface area contributed by atoms with Gasteiger partial charge in [-0.25, -0.2) is 0 Å². The summed E-state index contributed by atoms with van der Waals surface area (Å²) in [5.74, 6) is -1.84. The molecule has 1 rings (SSSR count). The van der Waals surface area contributed by atoms with E-state index in [2.05, 4.69) is 0 Å². The summed E-state index contributed by atoms with van der Waals surface area (Å²) < 4.78 is 0. The molecule has 1 aromatic rings. The first-order valence-electron chi connectivity index (χ1n) is 4.47. The number of hydrogen-bond donors (Lipinski definition) is 2. The zero-order valence-corrected chi connectivity index (χ0v) is 9.07. The molecule has 0 aliphatic heterocycles. The number of rotatable bonds is 4. The molecule has 0 saturated heterocycles. The Bertz CT molecular complexity index is 437. The van der Waals surface area contributed by atoms with E-state index in [4.69, 9.17) is 22.4 Å². The largest absolute Gasteiger partial charge is 0.481 e. The summed E-state index contributed by atoms with van der Waals surface area (Å²) in [5.41, 5.74) is 5.80. The number of carboxylic acids is 1. The second kappa shape index (κ2) is 5.32. The van der Waals surface area contributed by atoms with E-state index in [0.717, 1.165) is 0 Å². The number of primary amides is 1. The van der Waals surface area contributed by atoms with Crippen molar-refractivity contribution in [1.29, 1.82) is 0 Å². The first kappa shape index (κ1) is 12.3. The van der Waals surface area contributed by atoms with Gasteiger partial charge in [-0.1, -0.05) is 23.7 Å². The molecule has 0 saturated carbocycles. The minimum Gasteiger partial charge on any atom is -0.481 e. The maximum atomic E-state index is 11.0. The second-order valence-corrected chi connectivity index (χ2v) is 3.59. The van der Waals surface area contributed by atoms with Crippen LogP contribution >= 0.6 is 11.6 Å². The number of carboxylic acid groups (broad SMARTS) is 1. The van der Waals surface area contributed by atoms with Crippen molar-refractivity contribution in [3.8, 4) is 0 Å². The van der Waals surface area contributed by atoms with Crippen molar-refractivity contribution in [3.05, 3.63) is 40.4 Å². The van der Waals surface area contributed by atoms with Crippen LogP contribution in [0.4, 0.5) is 0 Å². The number of aliphatic carboxylic acids is 1. The van der Waals surface area contributed by atoms with Crippen molar-refractivity contribution in [3.63, 3.8) is 0 Å². The van der Waals surface area contributed by atoms with Crippen molar-refractivity contribution in [2.24, 2.45) is 5.73 Å². The summed E-state index contributed by atoms with van der Waals surface area (Å²) in [5, 5.41) is 9.15. The molecule has 0 spiro atoms. The van der Waals surface area contributed by atoms with Crippen molar-refractivity contribution in [2.75, 3.05) is 0 Å². The van der Waals surface area contributed by atoms with Gasteiger partial charge in [0, 0.05) is 10.6 Å². The quantitative estimate of drug-likeness (QED) is 0.785. The molecule has 0 fully saturated rings. The average Bonchev–Trinajstić information content (AvgIpc) is 2.19. The fraction of sp³-hybridized carbons (Fsp3) is 0.0909. The zero-order valence-electron chi connectivity index (χ0n) is 8.31. The fourth-order valence-electron chi connectivity index (χ4n) is 1.13. The van der Waals surface area contributed by atoms with E-state index in [0.29, 0.717) is 10.6 Å². The number of amides is 1. The average molecular weight is 240 g/mol. The Balaban J connectivity index is 2.97. The molecule has 0 bridgehead atoms. The van der Waals surface area contributed by atoms with E-state index in [-0.39, 0.29) is 5.57 Å². The summed E-state index contributed by atoms with van der Waals surface area (Å²) in [6.45, 7) is 0. The molecular formula is C11H10ClNO3. The molecule has 0 aliphatic carbocycles. The normalized spacial score (nSPS) is 11.2. The van der Waals surface area contributed by atoms with Crippen LogP contribution in [0.1, 0.15) is 12.0 Å². The van der Waals surface area contributed by atoms with Gasteiger partial charge < -0.3 is 10.8 Å². The summed E-state index contributed by atoms with van der Waals surface area (Å²) in [6.07, 6.45) is 1.05. The molecule has 1 aromatic carbocycles. The lowest BCUT2D eigenvalue weighted by atomic mass is 10.1. The number of benzene rings is 1.